The molecule has 1 atom stereocenters. The topological polar surface area (TPSA) is 76.8 Å². The van der Waals surface area contributed by atoms with Crippen molar-refractivity contribution in [3.05, 3.63) is 93.2 Å². The first-order valence-corrected chi connectivity index (χ1v) is 15.3. The van der Waals surface area contributed by atoms with Crippen molar-refractivity contribution in [1.29, 1.82) is 0 Å². The summed E-state index contributed by atoms with van der Waals surface area (Å²) in [6.45, 7) is 5.57. The third kappa shape index (κ3) is 6.92. The van der Waals surface area contributed by atoms with Crippen LogP contribution in [0.15, 0.2) is 60.7 Å². The Morgan fingerprint density at radius 3 is 2.60 bits per heavy atom. The van der Waals surface area contributed by atoms with Crippen molar-refractivity contribution >= 4 is 40.2 Å². The van der Waals surface area contributed by atoms with Gasteiger partial charge in [0.25, 0.3) is 0 Å². The van der Waals surface area contributed by atoms with E-state index in [1.807, 2.05) is 6.07 Å². The third-order valence-corrected chi connectivity index (χ3v) is 8.95. The number of carboxylic acid groups (broad SMARTS) is 1. The Balaban J connectivity index is 1.07. The van der Waals surface area contributed by atoms with Gasteiger partial charge in [0.05, 0.1) is 34.8 Å². The van der Waals surface area contributed by atoms with E-state index >= 15 is 0 Å². The zero-order valence-electron chi connectivity index (χ0n) is 23.5. The first-order valence-electron chi connectivity index (χ1n) is 14.6. The molecule has 2 saturated heterocycles. The van der Waals surface area contributed by atoms with E-state index in [-0.39, 0.29) is 0 Å². The smallest absolute Gasteiger partial charge is 0.335 e. The highest BCUT2D eigenvalue weighted by atomic mass is 35.5. The van der Waals surface area contributed by atoms with Gasteiger partial charge in [-0.3, -0.25) is 4.90 Å². The molecule has 0 spiro atoms. The Bertz CT molecular complexity index is 1560. The molecular formula is C33H35Cl2N3O4. The van der Waals surface area contributed by atoms with E-state index in [4.69, 9.17) is 37.7 Å². The first-order chi connectivity index (χ1) is 20.4. The van der Waals surface area contributed by atoms with Crippen LogP contribution in [0.3, 0.4) is 0 Å². The number of imidazole rings is 1. The largest absolute Gasteiger partial charge is 0.487 e. The second kappa shape index (κ2) is 13.0. The van der Waals surface area contributed by atoms with Crippen molar-refractivity contribution in [3.8, 4) is 5.75 Å². The Hall–Kier alpha value is -3.10. The second-order valence-corrected chi connectivity index (χ2v) is 12.3. The molecule has 220 valence electrons. The van der Waals surface area contributed by atoms with E-state index in [0.717, 1.165) is 87.5 Å². The van der Waals surface area contributed by atoms with Gasteiger partial charge in [-0.2, -0.15) is 0 Å². The molecule has 0 bridgehead atoms. The molecule has 3 aromatic carbocycles. The maximum Gasteiger partial charge on any atom is 0.335 e. The van der Waals surface area contributed by atoms with Crippen molar-refractivity contribution in [2.24, 2.45) is 11.8 Å². The number of fused-ring (bicyclic) bond motifs is 1. The number of nitrogens with zero attached hydrogens (tertiary/aromatic N) is 3. The van der Waals surface area contributed by atoms with Crippen LogP contribution < -0.4 is 4.74 Å². The summed E-state index contributed by atoms with van der Waals surface area (Å²) in [7, 11) is 0. The molecule has 2 fully saturated rings. The number of rotatable bonds is 10. The van der Waals surface area contributed by atoms with Gasteiger partial charge in [0, 0.05) is 24.1 Å². The Kier molecular flexibility index (Phi) is 9.00. The molecule has 0 saturated carbocycles. The van der Waals surface area contributed by atoms with Crippen molar-refractivity contribution in [2.45, 2.75) is 45.4 Å². The minimum absolute atomic E-state index is 0.295. The predicted octanol–water partition coefficient (Wildman–Crippen LogP) is 7.11. The van der Waals surface area contributed by atoms with Gasteiger partial charge < -0.3 is 19.1 Å². The lowest BCUT2D eigenvalue weighted by atomic mass is 9.89. The molecule has 0 radical (unpaired) electrons. The molecule has 42 heavy (non-hydrogen) atoms. The van der Waals surface area contributed by atoms with Gasteiger partial charge >= 0.3 is 5.97 Å². The van der Waals surface area contributed by atoms with Crippen molar-refractivity contribution in [3.63, 3.8) is 0 Å². The average molecular weight is 609 g/mol. The summed E-state index contributed by atoms with van der Waals surface area (Å²) in [6, 6.07) is 19.1. The van der Waals surface area contributed by atoms with E-state index in [1.165, 1.54) is 5.56 Å². The van der Waals surface area contributed by atoms with Gasteiger partial charge in [0.1, 0.15) is 18.2 Å². The minimum Gasteiger partial charge on any atom is -0.487 e. The molecule has 0 unspecified atom stereocenters. The molecule has 9 heteroatoms. The van der Waals surface area contributed by atoms with Crippen LogP contribution in [-0.4, -0.2) is 51.8 Å². The van der Waals surface area contributed by atoms with Crippen LogP contribution in [0.1, 0.15) is 46.6 Å². The monoisotopic (exact) mass is 607 g/mol. The molecule has 3 heterocycles. The number of carboxylic acids is 1. The number of piperidine rings is 1. The van der Waals surface area contributed by atoms with Crippen LogP contribution in [0, 0.1) is 11.8 Å². The minimum atomic E-state index is -0.915. The number of ether oxygens (including phenoxy) is 2. The van der Waals surface area contributed by atoms with Gasteiger partial charge in [0.2, 0.25) is 0 Å². The lowest BCUT2D eigenvalue weighted by Crippen LogP contribution is -2.35. The molecule has 7 nitrogen and oxygen atoms in total. The summed E-state index contributed by atoms with van der Waals surface area (Å²) in [5.74, 6) is 1.76. The fourth-order valence-electron chi connectivity index (χ4n) is 6.10. The van der Waals surface area contributed by atoms with Crippen molar-refractivity contribution in [1.82, 2.24) is 14.5 Å². The maximum atomic E-state index is 11.6. The van der Waals surface area contributed by atoms with Crippen LogP contribution >= 0.6 is 23.2 Å². The van der Waals surface area contributed by atoms with Crippen LogP contribution in [-0.2, 0) is 30.9 Å². The molecule has 6 rings (SSSR count). The number of halogens is 2. The van der Waals surface area contributed by atoms with Crippen LogP contribution in [0.25, 0.3) is 11.0 Å². The summed E-state index contributed by atoms with van der Waals surface area (Å²) in [5, 5.41) is 10.7. The molecule has 1 N–H and O–H groups in total. The van der Waals surface area contributed by atoms with Crippen molar-refractivity contribution in [2.75, 3.05) is 26.3 Å². The standard InChI is InChI=1S/C33H35Cl2N3O4/c34-27-5-7-31(28(35)17-27)42-21-24-3-1-2-23(15-24)14-22-8-11-37(12-9-22)19-32-36-29-6-4-26(33(39)40)16-30(29)38(32)18-25-10-13-41-20-25/h1-7,15-17,22,25H,8-14,18-21H2,(H,39,40)/t25-/m1/s1. The number of hydrogen-bond acceptors (Lipinski definition) is 5. The summed E-state index contributed by atoms with van der Waals surface area (Å²) < 4.78 is 13.8. The fraction of sp³-hybridized carbons (Fsp3) is 0.394. The number of carbonyl (C=O) groups is 1. The first kappa shape index (κ1) is 29.0. The SMILES string of the molecule is O=C(O)c1ccc2nc(CN3CCC(Cc4cccc(COc5ccc(Cl)cc5Cl)c4)CC3)n(C[C@H]3CCOC3)c2c1. The molecular weight excluding hydrogens is 573 g/mol. The Morgan fingerprint density at radius 1 is 1.00 bits per heavy atom. The zero-order chi connectivity index (χ0) is 29.1. The number of likely N-dealkylation sites (tertiary alicyclic amines) is 1. The lowest BCUT2D eigenvalue weighted by molar-refractivity contribution is 0.0697. The fourth-order valence-corrected chi connectivity index (χ4v) is 6.56. The number of aromatic nitrogens is 2. The quantitative estimate of drug-likeness (QED) is 0.207. The molecule has 2 aliphatic heterocycles. The van der Waals surface area contributed by atoms with Crippen LogP contribution in [0.5, 0.6) is 5.75 Å². The van der Waals surface area contributed by atoms with Crippen molar-refractivity contribution < 1.29 is 19.4 Å². The molecule has 4 aromatic rings. The Morgan fingerprint density at radius 2 is 1.83 bits per heavy atom. The van der Waals surface area contributed by atoms with Crippen LogP contribution in [0.4, 0.5) is 0 Å². The van der Waals surface area contributed by atoms with E-state index in [1.54, 1.807) is 30.3 Å². The molecule has 0 amide bonds. The van der Waals surface area contributed by atoms with Gasteiger partial charge in [-0.25, -0.2) is 9.78 Å². The predicted molar refractivity (Wildman–Crippen MR) is 165 cm³/mol. The number of benzene rings is 3. The van der Waals surface area contributed by atoms with Crippen LogP contribution in [0.2, 0.25) is 10.0 Å². The van der Waals surface area contributed by atoms with Gasteiger partial charge in [0.15, 0.2) is 0 Å². The molecule has 0 aliphatic carbocycles. The van der Waals surface area contributed by atoms with E-state index < -0.39 is 5.97 Å². The Labute approximate surface area is 256 Å². The zero-order valence-corrected chi connectivity index (χ0v) is 25.0. The highest BCUT2D eigenvalue weighted by Gasteiger charge is 2.24. The van der Waals surface area contributed by atoms with Gasteiger partial charge in [-0.1, -0.05) is 47.5 Å². The van der Waals surface area contributed by atoms with Gasteiger partial charge in [-0.05, 0) is 92.2 Å². The summed E-state index contributed by atoms with van der Waals surface area (Å²) in [4.78, 5) is 19.1. The number of hydrogen-bond donors (Lipinski definition) is 1. The second-order valence-electron chi connectivity index (χ2n) is 11.5. The molecule has 2 aliphatic rings. The van der Waals surface area contributed by atoms with E-state index in [0.29, 0.717) is 39.8 Å². The average Bonchev–Trinajstić information content (AvgIpc) is 3.62. The van der Waals surface area contributed by atoms with E-state index in [9.17, 15) is 9.90 Å². The summed E-state index contributed by atoms with van der Waals surface area (Å²) in [6.07, 6.45) is 4.31. The molecule has 1 aromatic heterocycles. The summed E-state index contributed by atoms with van der Waals surface area (Å²) in [5.41, 5.74) is 4.49. The van der Waals surface area contributed by atoms with E-state index in [2.05, 4.69) is 33.7 Å². The highest BCUT2D eigenvalue weighted by Crippen LogP contribution is 2.29. The third-order valence-electron chi connectivity index (χ3n) is 8.42. The normalized spacial score (nSPS) is 18.1. The lowest BCUT2D eigenvalue weighted by Gasteiger charge is -2.32. The summed E-state index contributed by atoms with van der Waals surface area (Å²) >= 11 is 12.3. The number of aromatic carboxylic acids is 1. The van der Waals surface area contributed by atoms with Gasteiger partial charge in [-0.15, -0.1) is 0 Å². The maximum absolute atomic E-state index is 11.6. The highest BCUT2D eigenvalue weighted by molar-refractivity contribution is 6.35.